The predicted octanol–water partition coefficient (Wildman–Crippen LogP) is 1.58. The Kier molecular flexibility index (Phi) is 4.32. The zero-order valence-electron chi connectivity index (χ0n) is 11.3. The molecule has 5 heteroatoms. The Labute approximate surface area is 118 Å². The number of nitrogens with one attached hydrogen (secondary N) is 1. The Morgan fingerprint density at radius 3 is 2.45 bits per heavy atom. The minimum absolute atomic E-state index is 0.117. The molecule has 0 saturated heterocycles. The molecule has 20 heavy (non-hydrogen) atoms. The molecule has 2 aromatic rings. The molecule has 0 heterocycles. The van der Waals surface area contributed by atoms with Crippen molar-refractivity contribution in [3.8, 4) is 0 Å². The molecule has 0 aromatic heterocycles. The third-order valence-electron chi connectivity index (χ3n) is 3.15. The molecule has 0 fully saturated rings. The predicted molar refractivity (Wildman–Crippen MR) is 84.2 cm³/mol. The normalized spacial score (nSPS) is 10.4. The van der Waals surface area contributed by atoms with E-state index in [1.54, 1.807) is 12.1 Å². The second-order valence-corrected chi connectivity index (χ2v) is 4.71. The SMILES string of the molecule is Nc1ccc(N)c(CNc2ccc(CCO)cc2N)c1. The monoisotopic (exact) mass is 272 g/mol. The summed E-state index contributed by atoms with van der Waals surface area (Å²) in [5, 5.41) is 12.1. The first-order valence-electron chi connectivity index (χ1n) is 6.47. The average molecular weight is 272 g/mol. The molecule has 2 rings (SSSR count). The Morgan fingerprint density at radius 1 is 0.950 bits per heavy atom. The van der Waals surface area contributed by atoms with Gasteiger partial charge in [0.1, 0.15) is 0 Å². The first kappa shape index (κ1) is 14.0. The minimum atomic E-state index is 0.117. The van der Waals surface area contributed by atoms with Gasteiger partial charge in [0.15, 0.2) is 0 Å². The van der Waals surface area contributed by atoms with Gasteiger partial charge in [-0.1, -0.05) is 6.07 Å². The molecule has 2 aromatic carbocycles. The lowest BCUT2D eigenvalue weighted by molar-refractivity contribution is 0.299. The van der Waals surface area contributed by atoms with Gasteiger partial charge in [-0.25, -0.2) is 0 Å². The van der Waals surface area contributed by atoms with Gasteiger partial charge in [0, 0.05) is 24.5 Å². The topological polar surface area (TPSA) is 110 Å². The molecule has 0 spiro atoms. The van der Waals surface area contributed by atoms with Crippen molar-refractivity contribution in [2.45, 2.75) is 13.0 Å². The van der Waals surface area contributed by atoms with E-state index in [4.69, 9.17) is 22.3 Å². The van der Waals surface area contributed by atoms with Gasteiger partial charge in [-0.3, -0.25) is 0 Å². The van der Waals surface area contributed by atoms with Crippen LogP contribution in [0.2, 0.25) is 0 Å². The molecule has 106 valence electrons. The van der Waals surface area contributed by atoms with Crippen molar-refractivity contribution < 1.29 is 5.11 Å². The maximum absolute atomic E-state index is 8.91. The lowest BCUT2D eigenvalue weighted by Gasteiger charge is -2.12. The third-order valence-corrected chi connectivity index (χ3v) is 3.15. The third kappa shape index (κ3) is 3.33. The fraction of sp³-hybridized carbons (Fsp3) is 0.200. The highest BCUT2D eigenvalue weighted by Crippen LogP contribution is 2.22. The summed E-state index contributed by atoms with van der Waals surface area (Å²) in [5.74, 6) is 0. The van der Waals surface area contributed by atoms with Crippen molar-refractivity contribution in [1.29, 1.82) is 0 Å². The van der Waals surface area contributed by atoms with Crippen molar-refractivity contribution in [3.05, 3.63) is 47.5 Å². The number of nitrogen functional groups attached to an aromatic ring is 3. The quantitative estimate of drug-likeness (QED) is 0.531. The summed E-state index contributed by atoms with van der Waals surface area (Å²) in [6.45, 7) is 0.673. The van der Waals surface area contributed by atoms with Crippen LogP contribution in [0.15, 0.2) is 36.4 Å². The lowest BCUT2D eigenvalue weighted by Crippen LogP contribution is -2.06. The van der Waals surface area contributed by atoms with Gasteiger partial charge < -0.3 is 27.6 Å². The van der Waals surface area contributed by atoms with Crippen molar-refractivity contribution >= 4 is 22.7 Å². The molecule has 0 unspecified atom stereocenters. The van der Waals surface area contributed by atoms with Crippen LogP contribution >= 0.6 is 0 Å². The maximum atomic E-state index is 8.91. The van der Waals surface area contributed by atoms with Crippen molar-refractivity contribution in [3.63, 3.8) is 0 Å². The highest BCUT2D eigenvalue weighted by atomic mass is 16.2. The van der Waals surface area contributed by atoms with E-state index in [2.05, 4.69) is 5.32 Å². The van der Waals surface area contributed by atoms with Crippen LogP contribution < -0.4 is 22.5 Å². The van der Waals surface area contributed by atoms with E-state index in [1.165, 1.54) is 0 Å². The average Bonchev–Trinajstić information content (AvgIpc) is 2.42. The molecule has 0 atom stereocenters. The molecule has 0 aliphatic heterocycles. The van der Waals surface area contributed by atoms with Gasteiger partial charge in [0.25, 0.3) is 0 Å². The highest BCUT2D eigenvalue weighted by molar-refractivity contribution is 5.67. The Morgan fingerprint density at radius 2 is 1.75 bits per heavy atom. The summed E-state index contributed by atoms with van der Waals surface area (Å²) < 4.78 is 0. The van der Waals surface area contributed by atoms with Gasteiger partial charge in [-0.2, -0.15) is 0 Å². The number of aliphatic hydroxyl groups is 1. The number of hydrogen-bond donors (Lipinski definition) is 5. The van der Waals surface area contributed by atoms with Crippen LogP contribution in [0.5, 0.6) is 0 Å². The Bertz CT molecular complexity index is 598. The van der Waals surface area contributed by atoms with Gasteiger partial charge in [-0.05, 0) is 47.9 Å². The molecule has 5 nitrogen and oxygen atoms in total. The summed E-state index contributed by atoms with van der Waals surface area (Å²) in [5.41, 5.74) is 22.5. The largest absolute Gasteiger partial charge is 0.399 e. The first-order chi connectivity index (χ1) is 9.60. The minimum Gasteiger partial charge on any atom is -0.399 e. The zero-order valence-corrected chi connectivity index (χ0v) is 11.3. The molecule has 0 amide bonds. The van der Waals surface area contributed by atoms with Crippen molar-refractivity contribution in [1.82, 2.24) is 0 Å². The molecule has 8 N–H and O–H groups in total. The number of nitrogens with two attached hydrogens (primary N) is 3. The van der Waals surface area contributed by atoms with Crippen LogP contribution in [0.1, 0.15) is 11.1 Å². The van der Waals surface area contributed by atoms with Crippen LogP contribution in [0.25, 0.3) is 0 Å². The number of benzene rings is 2. The van der Waals surface area contributed by atoms with Gasteiger partial charge >= 0.3 is 0 Å². The molecular formula is C15H20N4O. The Hall–Kier alpha value is -2.40. The number of anilines is 4. The highest BCUT2D eigenvalue weighted by Gasteiger charge is 2.03. The molecule has 0 aliphatic carbocycles. The van der Waals surface area contributed by atoms with E-state index in [9.17, 15) is 0 Å². The second kappa shape index (κ2) is 6.16. The van der Waals surface area contributed by atoms with Crippen molar-refractivity contribution in [2.24, 2.45) is 0 Å². The van der Waals surface area contributed by atoms with Crippen LogP contribution in [0.4, 0.5) is 22.7 Å². The Balaban J connectivity index is 2.09. The summed E-state index contributed by atoms with van der Waals surface area (Å²) >= 11 is 0. The molecule has 0 aliphatic rings. The van der Waals surface area contributed by atoms with Gasteiger partial charge in [-0.15, -0.1) is 0 Å². The summed E-state index contributed by atoms with van der Waals surface area (Å²) in [6, 6.07) is 11.1. The zero-order chi connectivity index (χ0) is 14.5. The fourth-order valence-electron chi connectivity index (χ4n) is 2.03. The van der Waals surface area contributed by atoms with E-state index in [0.29, 0.717) is 30.0 Å². The smallest absolute Gasteiger partial charge is 0.0576 e. The van der Waals surface area contributed by atoms with Gasteiger partial charge in [0.2, 0.25) is 0 Å². The van der Waals surface area contributed by atoms with Crippen molar-refractivity contribution in [2.75, 3.05) is 29.1 Å². The molecule has 0 radical (unpaired) electrons. The van der Waals surface area contributed by atoms with Crippen LogP contribution in [-0.2, 0) is 13.0 Å². The van der Waals surface area contributed by atoms with Crippen LogP contribution in [0, 0.1) is 0 Å². The van der Waals surface area contributed by atoms with E-state index in [-0.39, 0.29) is 6.61 Å². The lowest BCUT2D eigenvalue weighted by atomic mass is 10.1. The number of rotatable bonds is 5. The van der Waals surface area contributed by atoms with E-state index in [1.807, 2.05) is 24.3 Å². The van der Waals surface area contributed by atoms with Crippen LogP contribution in [-0.4, -0.2) is 11.7 Å². The van der Waals surface area contributed by atoms with E-state index >= 15 is 0 Å². The van der Waals surface area contributed by atoms with E-state index < -0.39 is 0 Å². The first-order valence-corrected chi connectivity index (χ1v) is 6.47. The maximum Gasteiger partial charge on any atom is 0.0576 e. The molecular weight excluding hydrogens is 252 g/mol. The summed E-state index contributed by atoms with van der Waals surface area (Å²) in [4.78, 5) is 0. The van der Waals surface area contributed by atoms with Crippen LogP contribution in [0.3, 0.4) is 0 Å². The number of hydrogen-bond acceptors (Lipinski definition) is 5. The fourth-order valence-corrected chi connectivity index (χ4v) is 2.03. The second-order valence-electron chi connectivity index (χ2n) is 4.71. The van der Waals surface area contributed by atoms with E-state index in [0.717, 1.165) is 16.8 Å². The standard InChI is InChI=1S/C15H20N4O/c16-12-2-3-13(17)11(8-12)9-19-15-4-1-10(5-6-20)7-14(15)18/h1-4,7-8,19-20H,5-6,9,16-18H2. The molecule has 0 saturated carbocycles. The molecule has 0 bridgehead atoms. The summed E-state index contributed by atoms with van der Waals surface area (Å²) in [7, 11) is 0. The van der Waals surface area contributed by atoms with Gasteiger partial charge in [0.05, 0.1) is 11.4 Å². The number of aliphatic hydroxyl groups excluding tert-OH is 1. The summed E-state index contributed by atoms with van der Waals surface area (Å²) in [6.07, 6.45) is 0.604.